The van der Waals surface area contributed by atoms with Crippen LogP contribution < -0.4 is 16.0 Å². The maximum absolute atomic E-state index is 5.76. The first-order chi connectivity index (χ1) is 9.30. The van der Waals surface area contributed by atoms with E-state index in [1.807, 2.05) is 25.1 Å². The molecule has 3 N–H and O–H groups in total. The maximum Gasteiger partial charge on any atom is 0.119 e. The molecule has 0 aliphatic heterocycles. The molecule has 0 radical (unpaired) electrons. The predicted molar refractivity (Wildman–Crippen MR) is 80.5 cm³/mol. The number of hydrazine groups is 1. The van der Waals surface area contributed by atoms with Gasteiger partial charge in [0.15, 0.2) is 0 Å². The molecule has 2 aromatic rings. The molecule has 0 spiro atoms. The van der Waals surface area contributed by atoms with E-state index >= 15 is 0 Å². The molecule has 102 valence electrons. The summed E-state index contributed by atoms with van der Waals surface area (Å²) >= 11 is 1.74. The van der Waals surface area contributed by atoms with Crippen molar-refractivity contribution in [2.24, 2.45) is 5.84 Å². The molecule has 0 bridgehead atoms. The molecule has 3 nitrogen and oxygen atoms in total. The van der Waals surface area contributed by atoms with E-state index in [1.165, 1.54) is 10.4 Å². The number of aryl methyl sites for hydroxylation is 1. The van der Waals surface area contributed by atoms with E-state index in [4.69, 9.17) is 10.6 Å². The smallest absolute Gasteiger partial charge is 0.119 e. The van der Waals surface area contributed by atoms with Crippen molar-refractivity contribution >= 4 is 11.3 Å². The van der Waals surface area contributed by atoms with Crippen LogP contribution in [0.5, 0.6) is 5.75 Å². The lowest BCUT2D eigenvalue weighted by atomic mass is 10.0. The molecule has 2 rings (SSSR count). The third-order valence-corrected chi connectivity index (χ3v) is 4.12. The highest BCUT2D eigenvalue weighted by atomic mass is 32.1. The largest absolute Gasteiger partial charge is 0.494 e. The lowest BCUT2D eigenvalue weighted by Crippen LogP contribution is -2.28. The van der Waals surface area contributed by atoms with E-state index in [-0.39, 0.29) is 6.04 Å². The molecule has 4 heteroatoms. The zero-order chi connectivity index (χ0) is 13.7. The Morgan fingerprint density at radius 2 is 2.16 bits per heavy atom. The Kier molecular flexibility index (Phi) is 4.96. The Labute approximate surface area is 118 Å². The van der Waals surface area contributed by atoms with Crippen LogP contribution in [0.4, 0.5) is 0 Å². The molecule has 1 atom stereocenters. The molecule has 0 amide bonds. The highest BCUT2D eigenvalue weighted by Gasteiger charge is 2.17. The van der Waals surface area contributed by atoms with Crippen molar-refractivity contribution in [3.05, 3.63) is 51.7 Å². The summed E-state index contributed by atoms with van der Waals surface area (Å²) in [7, 11) is 0. The second-order valence-corrected chi connectivity index (χ2v) is 5.22. The summed E-state index contributed by atoms with van der Waals surface area (Å²) in [6.45, 7) is 4.82. The van der Waals surface area contributed by atoms with Gasteiger partial charge in [0.2, 0.25) is 0 Å². The van der Waals surface area contributed by atoms with E-state index in [0.717, 1.165) is 17.7 Å². The van der Waals surface area contributed by atoms with Gasteiger partial charge in [-0.25, -0.2) is 5.43 Å². The van der Waals surface area contributed by atoms with Gasteiger partial charge in [0.1, 0.15) is 5.75 Å². The Morgan fingerprint density at radius 3 is 2.84 bits per heavy atom. The van der Waals surface area contributed by atoms with Gasteiger partial charge in [0, 0.05) is 4.88 Å². The number of hydrogen-bond donors (Lipinski definition) is 2. The first kappa shape index (κ1) is 14.1. The Morgan fingerprint density at radius 1 is 1.32 bits per heavy atom. The van der Waals surface area contributed by atoms with Gasteiger partial charge in [-0.05, 0) is 48.1 Å². The summed E-state index contributed by atoms with van der Waals surface area (Å²) < 4.78 is 5.55. The summed E-state index contributed by atoms with van der Waals surface area (Å²) in [6, 6.07) is 10.3. The van der Waals surface area contributed by atoms with Crippen molar-refractivity contribution in [2.75, 3.05) is 6.61 Å². The highest BCUT2D eigenvalue weighted by Crippen LogP contribution is 2.31. The second kappa shape index (κ2) is 6.70. The molecule has 0 saturated carbocycles. The first-order valence-electron chi connectivity index (χ1n) is 6.55. The topological polar surface area (TPSA) is 47.3 Å². The number of benzene rings is 1. The Balaban J connectivity index is 2.34. The minimum atomic E-state index is 0.0235. The Hall–Kier alpha value is -1.36. The number of nitrogens with one attached hydrogen (secondary N) is 1. The fourth-order valence-corrected chi connectivity index (χ4v) is 3.25. The van der Waals surface area contributed by atoms with Crippen LogP contribution >= 0.6 is 11.3 Å². The predicted octanol–water partition coefficient (Wildman–Crippen LogP) is 3.26. The molecule has 0 fully saturated rings. The van der Waals surface area contributed by atoms with E-state index in [1.54, 1.807) is 11.3 Å². The number of rotatable bonds is 6. The fraction of sp³-hybridized carbons (Fsp3) is 0.333. The summed E-state index contributed by atoms with van der Waals surface area (Å²) in [5.74, 6) is 6.64. The van der Waals surface area contributed by atoms with E-state index < -0.39 is 0 Å². The third kappa shape index (κ3) is 3.15. The molecule has 0 saturated heterocycles. The molecule has 0 aliphatic rings. The second-order valence-electron chi connectivity index (χ2n) is 4.27. The molecule has 1 heterocycles. The van der Waals surface area contributed by atoms with E-state index in [0.29, 0.717) is 6.61 Å². The van der Waals surface area contributed by atoms with Crippen LogP contribution in [0.25, 0.3) is 0 Å². The summed E-state index contributed by atoms with van der Waals surface area (Å²) in [4.78, 5) is 1.28. The fourth-order valence-electron chi connectivity index (χ4n) is 2.17. The molecular formula is C15H20N2OS. The maximum atomic E-state index is 5.76. The molecule has 19 heavy (non-hydrogen) atoms. The highest BCUT2D eigenvalue weighted by molar-refractivity contribution is 7.10. The van der Waals surface area contributed by atoms with E-state index in [2.05, 4.69) is 29.9 Å². The quantitative estimate of drug-likeness (QED) is 0.629. The minimum absolute atomic E-state index is 0.0235. The van der Waals surface area contributed by atoms with Crippen LogP contribution in [-0.4, -0.2) is 6.61 Å². The van der Waals surface area contributed by atoms with Gasteiger partial charge in [-0.15, -0.1) is 11.3 Å². The van der Waals surface area contributed by atoms with Gasteiger partial charge in [-0.2, -0.15) is 0 Å². The average Bonchev–Trinajstić information content (AvgIpc) is 2.89. The van der Waals surface area contributed by atoms with Crippen LogP contribution in [0.2, 0.25) is 0 Å². The molecule has 0 aliphatic carbocycles. The average molecular weight is 276 g/mol. The molecule has 1 unspecified atom stereocenters. The lowest BCUT2D eigenvalue weighted by molar-refractivity contribution is 0.339. The summed E-state index contributed by atoms with van der Waals surface area (Å²) in [5.41, 5.74) is 5.39. The Bertz CT molecular complexity index is 524. The van der Waals surface area contributed by atoms with Gasteiger partial charge < -0.3 is 4.74 Å². The lowest BCUT2D eigenvalue weighted by Gasteiger charge is -2.17. The first-order valence-corrected chi connectivity index (χ1v) is 7.43. The van der Waals surface area contributed by atoms with Crippen LogP contribution in [-0.2, 0) is 6.42 Å². The third-order valence-electron chi connectivity index (χ3n) is 3.09. The zero-order valence-corrected chi connectivity index (χ0v) is 12.2. The van der Waals surface area contributed by atoms with Crippen LogP contribution in [0.1, 0.15) is 35.9 Å². The van der Waals surface area contributed by atoms with E-state index in [9.17, 15) is 0 Å². The molecule has 1 aromatic carbocycles. The number of nitrogens with two attached hydrogens (primary N) is 1. The summed E-state index contributed by atoms with van der Waals surface area (Å²) in [5, 5.41) is 2.12. The van der Waals surface area contributed by atoms with Crippen LogP contribution in [0, 0.1) is 0 Å². The SMILES string of the molecule is CCOc1cccc(C(NN)c2sccc2CC)c1. The van der Waals surface area contributed by atoms with Crippen LogP contribution in [0.3, 0.4) is 0 Å². The van der Waals surface area contributed by atoms with Gasteiger partial charge in [0.05, 0.1) is 12.6 Å². The van der Waals surface area contributed by atoms with Crippen molar-refractivity contribution in [1.29, 1.82) is 0 Å². The summed E-state index contributed by atoms with van der Waals surface area (Å²) in [6.07, 6.45) is 1.02. The van der Waals surface area contributed by atoms with Crippen LogP contribution in [0.15, 0.2) is 35.7 Å². The standard InChI is InChI=1S/C15H20N2OS/c1-3-11-8-9-19-15(11)14(17-16)12-6-5-7-13(10-12)18-4-2/h5-10,14,17H,3-4,16H2,1-2H3. The molecule has 1 aromatic heterocycles. The van der Waals surface area contributed by atoms with Gasteiger partial charge in [-0.3, -0.25) is 5.84 Å². The van der Waals surface area contributed by atoms with Gasteiger partial charge >= 0.3 is 0 Å². The molecular weight excluding hydrogens is 256 g/mol. The number of ether oxygens (including phenoxy) is 1. The minimum Gasteiger partial charge on any atom is -0.494 e. The van der Waals surface area contributed by atoms with Crippen molar-refractivity contribution in [3.8, 4) is 5.75 Å². The number of thiophene rings is 1. The monoisotopic (exact) mass is 276 g/mol. The van der Waals surface area contributed by atoms with Crippen molar-refractivity contribution < 1.29 is 4.74 Å². The van der Waals surface area contributed by atoms with Gasteiger partial charge in [0.25, 0.3) is 0 Å². The van der Waals surface area contributed by atoms with Crippen molar-refractivity contribution in [1.82, 2.24) is 5.43 Å². The normalized spacial score (nSPS) is 12.4. The van der Waals surface area contributed by atoms with Crippen molar-refractivity contribution in [2.45, 2.75) is 26.3 Å². The van der Waals surface area contributed by atoms with Gasteiger partial charge in [-0.1, -0.05) is 19.1 Å². The number of hydrogen-bond acceptors (Lipinski definition) is 4. The van der Waals surface area contributed by atoms with Crippen molar-refractivity contribution in [3.63, 3.8) is 0 Å². The zero-order valence-electron chi connectivity index (χ0n) is 11.3.